The molecule has 0 heterocycles. The second kappa shape index (κ2) is 6.90. The Balaban J connectivity index is 0.000000561. The highest BCUT2D eigenvalue weighted by Gasteiger charge is 1.91. The summed E-state index contributed by atoms with van der Waals surface area (Å²) in [6.45, 7) is 8.34. The standard InChI is InChI=1S/C10H14.C2H6/c1-3-10-7-5-4-6-9(2)8-10;1-2/h5-8H,3-4H2,1-2H3;1-2H3. The minimum atomic E-state index is 1.09. The summed E-state index contributed by atoms with van der Waals surface area (Å²) in [7, 11) is 0. The summed E-state index contributed by atoms with van der Waals surface area (Å²) in [5.41, 5.74) is 2.83. The van der Waals surface area contributed by atoms with Gasteiger partial charge in [-0.2, -0.15) is 0 Å². The van der Waals surface area contributed by atoms with E-state index in [-0.39, 0.29) is 0 Å². The van der Waals surface area contributed by atoms with E-state index in [0.29, 0.717) is 0 Å². The first-order valence-corrected chi connectivity index (χ1v) is 4.87. The van der Waals surface area contributed by atoms with E-state index in [1.54, 1.807) is 0 Å². The molecular weight excluding hydrogens is 144 g/mol. The number of hydrogen-bond donors (Lipinski definition) is 0. The molecule has 0 saturated heterocycles. The van der Waals surface area contributed by atoms with Crippen LogP contribution in [0.1, 0.15) is 40.5 Å². The van der Waals surface area contributed by atoms with Crippen molar-refractivity contribution in [2.75, 3.05) is 0 Å². The van der Waals surface area contributed by atoms with Crippen LogP contribution in [0.15, 0.2) is 35.5 Å². The van der Waals surface area contributed by atoms with Crippen LogP contribution in [-0.4, -0.2) is 0 Å². The van der Waals surface area contributed by atoms with E-state index >= 15 is 0 Å². The minimum absolute atomic E-state index is 1.09. The minimum Gasteiger partial charge on any atom is -0.0805 e. The monoisotopic (exact) mass is 164 g/mol. The van der Waals surface area contributed by atoms with Gasteiger partial charge in [-0.3, -0.25) is 0 Å². The van der Waals surface area contributed by atoms with Gasteiger partial charge in [0.25, 0.3) is 0 Å². The summed E-state index contributed by atoms with van der Waals surface area (Å²) in [4.78, 5) is 0. The quantitative estimate of drug-likeness (QED) is 0.543. The largest absolute Gasteiger partial charge is 0.0805 e. The Hall–Kier alpha value is -0.780. The van der Waals surface area contributed by atoms with Crippen LogP contribution >= 0.6 is 0 Å². The smallest absolute Gasteiger partial charge is 0.0160 e. The summed E-state index contributed by atoms with van der Waals surface area (Å²) < 4.78 is 0. The van der Waals surface area contributed by atoms with Crippen LogP contribution in [0.5, 0.6) is 0 Å². The van der Waals surface area contributed by atoms with E-state index in [1.807, 2.05) is 13.8 Å². The Morgan fingerprint density at radius 3 is 2.58 bits per heavy atom. The number of allylic oxidation sites excluding steroid dienone is 6. The Bertz CT molecular complexity index is 192. The van der Waals surface area contributed by atoms with Crippen molar-refractivity contribution >= 4 is 0 Å². The lowest BCUT2D eigenvalue weighted by atomic mass is 10.1. The lowest BCUT2D eigenvalue weighted by molar-refractivity contribution is 1.14. The van der Waals surface area contributed by atoms with E-state index in [9.17, 15) is 0 Å². The highest BCUT2D eigenvalue weighted by Crippen LogP contribution is 2.12. The van der Waals surface area contributed by atoms with E-state index in [2.05, 4.69) is 38.2 Å². The first kappa shape index (κ1) is 11.2. The fraction of sp³-hybridized carbons (Fsp3) is 0.500. The Morgan fingerprint density at radius 1 is 1.33 bits per heavy atom. The highest BCUT2D eigenvalue weighted by molar-refractivity contribution is 5.32. The Kier molecular flexibility index (Phi) is 6.45. The second-order valence-electron chi connectivity index (χ2n) is 2.66. The summed E-state index contributed by atoms with van der Waals surface area (Å²) >= 11 is 0. The number of rotatable bonds is 1. The molecule has 0 aromatic carbocycles. The van der Waals surface area contributed by atoms with Gasteiger partial charge in [0.05, 0.1) is 0 Å². The van der Waals surface area contributed by atoms with E-state index < -0.39 is 0 Å². The normalized spacial score (nSPS) is 15.3. The molecule has 0 amide bonds. The van der Waals surface area contributed by atoms with Crippen LogP contribution < -0.4 is 0 Å². The lowest BCUT2D eigenvalue weighted by Crippen LogP contribution is -1.73. The molecule has 0 bridgehead atoms. The van der Waals surface area contributed by atoms with Gasteiger partial charge in [0.2, 0.25) is 0 Å². The van der Waals surface area contributed by atoms with Gasteiger partial charge >= 0.3 is 0 Å². The van der Waals surface area contributed by atoms with Gasteiger partial charge in [0.15, 0.2) is 0 Å². The molecule has 68 valence electrons. The SMILES string of the molecule is CC.CCC1=CC(C)=CCC=C1. The molecule has 0 aliphatic heterocycles. The Labute approximate surface area is 76.7 Å². The molecule has 0 atom stereocenters. The zero-order chi connectivity index (χ0) is 9.40. The molecule has 12 heavy (non-hydrogen) atoms. The van der Waals surface area contributed by atoms with Crippen molar-refractivity contribution < 1.29 is 0 Å². The molecular formula is C12H20. The van der Waals surface area contributed by atoms with Gasteiger partial charge in [-0.25, -0.2) is 0 Å². The zero-order valence-corrected chi connectivity index (χ0v) is 8.72. The lowest BCUT2D eigenvalue weighted by Gasteiger charge is -1.93. The molecule has 1 aliphatic rings. The third kappa shape index (κ3) is 4.17. The maximum absolute atomic E-state index is 2.25. The van der Waals surface area contributed by atoms with Gasteiger partial charge < -0.3 is 0 Å². The van der Waals surface area contributed by atoms with Crippen molar-refractivity contribution in [1.82, 2.24) is 0 Å². The molecule has 0 radical (unpaired) electrons. The molecule has 0 saturated carbocycles. The van der Waals surface area contributed by atoms with Crippen LogP contribution in [0.25, 0.3) is 0 Å². The van der Waals surface area contributed by atoms with Crippen LogP contribution in [-0.2, 0) is 0 Å². The summed E-state index contributed by atoms with van der Waals surface area (Å²) in [6.07, 6.45) is 11.2. The van der Waals surface area contributed by atoms with Gasteiger partial charge in [-0.15, -0.1) is 0 Å². The molecule has 1 aliphatic carbocycles. The molecule has 0 fully saturated rings. The molecule has 0 spiro atoms. The van der Waals surface area contributed by atoms with Crippen molar-refractivity contribution in [1.29, 1.82) is 0 Å². The first-order chi connectivity index (χ1) is 5.83. The predicted molar refractivity (Wildman–Crippen MR) is 57.2 cm³/mol. The van der Waals surface area contributed by atoms with E-state index in [1.165, 1.54) is 11.1 Å². The van der Waals surface area contributed by atoms with Crippen LogP contribution in [0.3, 0.4) is 0 Å². The van der Waals surface area contributed by atoms with Crippen molar-refractivity contribution in [3.05, 3.63) is 35.5 Å². The molecule has 0 heteroatoms. The molecule has 0 N–H and O–H groups in total. The van der Waals surface area contributed by atoms with Crippen molar-refractivity contribution in [2.45, 2.75) is 40.5 Å². The average Bonchev–Trinajstić information content (AvgIpc) is 2.33. The van der Waals surface area contributed by atoms with E-state index in [0.717, 1.165) is 12.8 Å². The van der Waals surface area contributed by atoms with Gasteiger partial charge in [0, 0.05) is 0 Å². The van der Waals surface area contributed by atoms with Gasteiger partial charge in [-0.05, 0) is 25.3 Å². The van der Waals surface area contributed by atoms with Crippen molar-refractivity contribution in [3.63, 3.8) is 0 Å². The topological polar surface area (TPSA) is 0 Å². The summed E-state index contributed by atoms with van der Waals surface area (Å²) in [5, 5.41) is 0. The highest BCUT2D eigenvalue weighted by atomic mass is 14.0. The maximum Gasteiger partial charge on any atom is -0.0160 e. The summed E-state index contributed by atoms with van der Waals surface area (Å²) in [6, 6.07) is 0. The van der Waals surface area contributed by atoms with Crippen LogP contribution in [0.2, 0.25) is 0 Å². The average molecular weight is 164 g/mol. The molecule has 0 unspecified atom stereocenters. The number of hydrogen-bond acceptors (Lipinski definition) is 0. The van der Waals surface area contributed by atoms with Crippen LogP contribution in [0, 0.1) is 0 Å². The maximum atomic E-state index is 2.25. The predicted octanol–water partition coefficient (Wildman–Crippen LogP) is 4.26. The van der Waals surface area contributed by atoms with Crippen molar-refractivity contribution in [2.24, 2.45) is 0 Å². The fourth-order valence-corrected chi connectivity index (χ4v) is 1.09. The van der Waals surface area contributed by atoms with Crippen LogP contribution in [0.4, 0.5) is 0 Å². The molecule has 0 nitrogen and oxygen atoms in total. The first-order valence-electron chi connectivity index (χ1n) is 4.87. The molecule has 1 rings (SSSR count). The zero-order valence-electron chi connectivity index (χ0n) is 8.72. The third-order valence-corrected chi connectivity index (χ3v) is 1.73. The fourth-order valence-electron chi connectivity index (χ4n) is 1.09. The van der Waals surface area contributed by atoms with E-state index in [4.69, 9.17) is 0 Å². The second-order valence-corrected chi connectivity index (χ2v) is 2.66. The van der Waals surface area contributed by atoms with Crippen molar-refractivity contribution in [3.8, 4) is 0 Å². The van der Waals surface area contributed by atoms with Gasteiger partial charge in [-0.1, -0.05) is 50.6 Å². The summed E-state index contributed by atoms with van der Waals surface area (Å²) in [5.74, 6) is 0. The Morgan fingerprint density at radius 2 is 2.00 bits per heavy atom. The molecule has 0 aromatic heterocycles. The molecule has 0 aromatic rings. The third-order valence-electron chi connectivity index (χ3n) is 1.73. The van der Waals surface area contributed by atoms with Gasteiger partial charge in [0.1, 0.15) is 0 Å².